The smallest absolute Gasteiger partial charge is 0.0166 e. The topological polar surface area (TPSA) is 0 Å². The molecule has 1 heterocycles. The SMILES string of the molecule is C[C]1[CH][P][C](CP(c2ccccc2)c2ccccc2)[C]1C.[CH]1[CH][CH][CH][CH]1.[Fe]. The minimum atomic E-state index is -0.306. The number of rotatable bonds is 4. The Labute approximate surface area is 180 Å². The summed E-state index contributed by atoms with van der Waals surface area (Å²) in [5.41, 5.74) is 1.59. The van der Waals surface area contributed by atoms with Crippen molar-refractivity contribution in [3.63, 3.8) is 0 Å². The van der Waals surface area contributed by atoms with Gasteiger partial charge in [0.1, 0.15) is 0 Å². The van der Waals surface area contributed by atoms with Crippen LogP contribution in [0.15, 0.2) is 60.7 Å². The third kappa shape index (κ3) is 6.98. The molecule has 0 N–H and O–H groups in total. The monoisotopic (exact) mass is 430 g/mol. The van der Waals surface area contributed by atoms with Crippen molar-refractivity contribution in [2.75, 3.05) is 6.16 Å². The number of hydrogen-bond acceptors (Lipinski definition) is 0. The first kappa shape index (κ1) is 23.1. The first-order valence-corrected chi connectivity index (χ1v) is 11.4. The standard InChI is InChI=1S/C19H19P2.C5H5.Fe/c1-15-13-20-19(16(15)2)14-21(17-9-5-3-6-10-17)18-11-7-4-8-12-18;1-2-4-5-3-1;/h3-13H,14H2,1-2H3;1-5H;. The minimum Gasteiger partial charge on any atom is -0.0673 e. The molecule has 4 rings (SSSR count). The van der Waals surface area contributed by atoms with Crippen LogP contribution in [0.2, 0.25) is 0 Å². The molecule has 1 saturated heterocycles. The zero-order valence-electron chi connectivity index (χ0n) is 15.7. The van der Waals surface area contributed by atoms with Gasteiger partial charge in [0.2, 0.25) is 0 Å². The van der Waals surface area contributed by atoms with E-state index in [1.54, 1.807) is 5.66 Å². The van der Waals surface area contributed by atoms with Gasteiger partial charge in [-0.2, -0.15) is 0 Å². The zero-order chi connectivity index (χ0) is 18.2. The van der Waals surface area contributed by atoms with Gasteiger partial charge in [-0.1, -0.05) is 83.1 Å². The van der Waals surface area contributed by atoms with Crippen molar-refractivity contribution in [1.29, 1.82) is 0 Å². The van der Waals surface area contributed by atoms with Crippen LogP contribution in [-0.4, -0.2) is 6.16 Å². The fourth-order valence-electron chi connectivity index (χ4n) is 2.77. The summed E-state index contributed by atoms with van der Waals surface area (Å²) < 4.78 is 0. The molecule has 1 aliphatic carbocycles. The Hall–Kier alpha value is -0.181. The van der Waals surface area contributed by atoms with E-state index in [1.165, 1.54) is 37.2 Å². The predicted octanol–water partition coefficient (Wildman–Crippen LogP) is 5.98. The molecule has 0 aromatic heterocycles. The van der Waals surface area contributed by atoms with Crippen LogP contribution in [0.4, 0.5) is 0 Å². The molecule has 1 aliphatic heterocycles. The normalized spacial score (nSPS) is 19.1. The number of benzene rings is 2. The maximum absolute atomic E-state index is 2.34. The molecule has 2 fully saturated rings. The Bertz CT molecular complexity index is 580. The Kier molecular flexibility index (Phi) is 10.6. The van der Waals surface area contributed by atoms with Gasteiger partial charge in [0.25, 0.3) is 0 Å². The van der Waals surface area contributed by atoms with Gasteiger partial charge in [0.15, 0.2) is 0 Å². The zero-order valence-corrected chi connectivity index (χ0v) is 18.6. The van der Waals surface area contributed by atoms with E-state index in [2.05, 4.69) is 80.7 Å². The molecular weight excluding hydrogens is 406 g/mol. The summed E-state index contributed by atoms with van der Waals surface area (Å²) in [4.78, 5) is 0. The van der Waals surface area contributed by atoms with Crippen LogP contribution in [0, 0.1) is 55.8 Å². The van der Waals surface area contributed by atoms with E-state index in [4.69, 9.17) is 0 Å². The third-order valence-corrected chi connectivity index (χ3v) is 8.48. The van der Waals surface area contributed by atoms with Gasteiger partial charge in [-0.25, -0.2) is 0 Å². The second-order valence-corrected chi connectivity index (χ2v) is 9.49. The molecule has 0 unspecified atom stereocenters. The minimum absolute atomic E-state index is 0. The maximum Gasteiger partial charge on any atom is 0.0166 e. The van der Waals surface area contributed by atoms with Gasteiger partial charge >= 0.3 is 0 Å². The summed E-state index contributed by atoms with van der Waals surface area (Å²) in [5, 5.41) is 2.94. The summed E-state index contributed by atoms with van der Waals surface area (Å²) >= 11 is 0. The van der Waals surface area contributed by atoms with Gasteiger partial charge in [-0.15, -0.1) is 0 Å². The molecule has 2 aromatic carbocycles. The first-order chi connectivity index (χ1) is 12.8. The van der Waals surface area contributed by atoms with Crippen LogP contribution >= 0.6 is 16.5 Å². The first-order valence-electron chi connectivity index (χ1n) is 8.88. The van der Waals surface area contributed by atoms with Gasteiger partial charge < -0.3 is 0 Å². The van der Waals surface area contributed by atoms with Crippen LogP contribution in [0.25, 0.3) is 0 Å². The maximum atomic E-state index is 2.34. The average molecular weight is 430 g/mol. The molecule has 1 saturated carbocycles. The van der Waals surface area contributed by atoms with Crippen molar-refractivity contribution in [3.8, 4) is 0 Å². The number of hydrogen-bond donors (Lipinski definition) is 0. The summed E-state index contributed by atoms with van der Waals surface area (Å²) in [6.07, 6.45) is 13.5. The van der Waals surface area contributed by atoms with E-state index >= 15 is 0 Å². The van der Waals surface area contributed by atoms with E-state index in [0.717, 1.165) is 0 Å². The predicted molar refractivity (Wildman–Crippen MR) is 118 cm³/mol. The van der Waals surface area contributed by atoms with Crippen molar-refractivity contribution in [2.45, 2.75) is 13.8 Å². The van der Waals surface area contributed by atoms with Crippen LogP contribution in [0.5, 0.6) is 0 Å². The Morgan fingerprint density at radius 1 is 0.704 bits per heavy atom. The Morgan fingerprint density at radius 3 is 1.52 bits per heavy atom. The van der Waals surface area contributed by atoms with Crippen LogP contribution in [0.3, 0.4) is 0 Å². The Balaban J connectivity index is 0.000000379. The van der Waals surface area contributed by atoms with E-state index in [-0.39, 0.29) is 25.0 Å². The molecule has 10 radical (unpaired) electrons. The van der Waals surface area contributed by atoms with Crippen molar-refractivity contribution >= 4 is 27.1 Å². The van der Waals surface area contributed by atoms with Gasteiger partial charge in [0, 0.05) is 22.7 Å². The Morgan fingerprint density at radius 2 is 1.15 bits per heavy atom. The largest absolute Gasteiger partial charge is 0.0673 e. The van der Waals surface area contributed by atoms with Crippen LogP contribution < -0.4 is 10.6 Å². The van der Waals surface area contributed by atoms with Gasteiger partial charge in [-0.3, -0.25) is 0 Å². The summed E-state index contributed by atoms with van der Waals surface area (Å²) in [6.45, 7) is 4.49. The van der Waals surface area contributed by atoms with Gasteiger partial charge in [-0.05, 0) is 74.8 Å². The van der Waals surface area contributed by atoms with Gasteiger partial charge in [0.05, 0.1) is 0 Å². The molecule has 2 aliphatic rings. The fourth-order valence-corrected chi connectivity index (χ4v) is 6.70. The molecule has 0 bridgehead atoms. The quantitative estimate of drug-likeness (QED) is 0.414. The molecule has 0 spiro atoms. The third-order valence-electron chi connectivity index (χ3n) is 4.44. The molecule has 27 heavy (non-hydrogen) atoms. The molecule has 0 nitrogen and oxygen atoms in total. The van der Waals surface area contributed by atoms with Crippen LogP contribution in [0.1, 0.15) is 13.8 Å². The summed E-state index contributed by atoms with van der Waals surface area (Å²) in [7, 11) is 1.09. The van der Waals surface area contributed by atoms with Crippen molar-refractivity contribution in [2.24, 2.45) is 0 Å². The van der Waals surface area contributed by atoms with E-state index < -0.39 is 0 Å². The molecule has 0 atom stereocenters. The summed E-state index contributed by atoms with van der Waals surface area (Å²) in [5.74, 6) is 2.94. The van der Waals surface area contributed by atoms with E-state index in [1.807, 2.05) is 32.1 Å². The molecular formula is C24H24FeP2. The van der Waals surface area contributed by atoms with E-state index in [0.29, 0.717) is 0 Å². The van der Waals surface area contributed by atoms with E-state index in [9.17, 15) is 0 Å². The van der Waals surface area contributed by atoms with Crippen molar-refractivity contribution in [3.05, 3.63) is 116 Å². The second-order valence-electron chi connectivity index (χ2n) is 6.23. The molecule has 2 aromatic rings. The second kappa shape index (κ2) is 12.4. The van der Waals surface area contributed by atoms with Crippen molar-refractivity contribution < 1.29 is 17.1 Å². The summed E-state index contributed by atoms with van der Waals surface area (Å²) in [6, 6.07) is 22.0. The fraction of sp³-hybridized carbons (Fsp3) is 0.125. The molecule has 3 heteroatoms. The van der Waals surface area contributed by atoms with Crippen molar-refractivity contribution in [1.82, 2.24) is 0 Å². The van der Waals surface area contributed by atoms with Crippen LogP contribution in [-0.2, 0) is 17.1 Å². The average Bonchev–Trinajstić information content (AvgIpc) is 3.37. The molecule has 138 valence electrons. The molecule has 0 amide bonds.